The Bertz CT molecular complexity index is 922. The molecule has 39 heavy (non-hydrogen) atoms. The van der Waals surface area contributed by atoms with Crippen LogP contribution in [-0.4, -0.2) is 46.5 Å². The first-order chi connectivity index (χ1) is 18.1. The zero-order valence-corrected chi connectivity index (χ0v) is 26.4. The molecule has 2 N–H and O–H groups in total. The summed E-state index contributed by atoms with van der Waals surface area (Å²) in [5.74, 6) is 0.121. The maximum absolute atomic E-state index is 14.5. The predicted molar refractivity (Wildman–Crippen MR) is 159 cm³/mol. The second-order valence-electron chi connectivity index (χ2n) is 12.9. The third-order valence-electron chi connectivity index (χ3n) is 6.71. The van der Waals surface area contributed by atoms with E-state index < -0.39 is 23.8 Å². The molecule has 0 aliphatic heterocycles. The summed E-state index contributed by atoms with van der Waals surface area (Å²) < 4.78 is 5.51. The number of ether oxygens (including phenoxy) is 1. The average Bonchev–Trinajstić information content (AvgIpc) is 2.79. The number of aryl methyl sites for hydroxylation is 1. The second-order valence-corrected chi connectivity index (χ2v) is 12.9. The molecule has 4 unspecified atom stereocenters. The van der Waals surface area contributed by atoms with Crippen LogP contribution in [0, 0.1) is 18.8 Å². The Balaban J connectivity index is 3.65. The number of hydrogen-bond acceptors (Lipinski definition) is 4. The molecule has 0 aromatic heterocycles. The van der Waals surface area contributed by atoms with Crippen LogP contribution in [-0.2, 0) is 14.3 Å². The first-order valence-corrected chi connectivity index (χ1v) is 14.7. The minimum absolute atomic E-state index is 0.0247. The fourth-order valence-electron chi connectivity index (χ4n) is 4.77. The summed E-state index contributed by atoms with van der Waals surface area (Å²) in [5.41, 5.74) is 1.04. The van der Waals surface area contributed by atoms with Crippen LogP contribution in [0.4, 0.5) is 4.79 Å². The number of nitrogens with one attached hydrogen (secondary N) is 2. The highest BCUT2D eigenvalue weighted by molar-refractivity contribution is 5.92. The molecule has 1 aromatic rings. The Kier molecular flexibility index (Phi) is 14.0. The van der Waals surface area contributed by atoms with Crippen molar-refractivity contribution in [3.05, 3.63) is 35.4 Å². The van der Waals surface area contributed by atoms with E-state index in [0.717, 1.165) is 36.8 Å². The van der Waals surface area contributed by atoms with Gasteiger partial charge in [0.1, 0.15) is 17.7 Å². The van der Waals surface area contributed by atoms with Gasteiger partial charge in [0.25, 0.3) is 0 Å². The molecule has 1 aromatic carbocycles. The van der Waals surface area contributed by atoms with Crippen molar-refractivity contribution in [2.24, 2.45) is 11.8 Å². The number of alkyl carbamates (subject to hydrolysis) is 1. The van der Waals surface area contributed by atoms with Gasteiger partial charge in [-0.25, -0.2) is 4.79 Å². The number of hydrogen-bond donors (Lipinski definition) is 2. The predicted octanol–water partition coefficient (Wildman–Crippen LogP) is 6.93. The summed E-state index contributed by atoms with van der Waals surface area (Å²) in [5, 5.41) is 6.01. The quantitative estimate of drug-likeness (QED) is 0.265. The molecule has 0 saturated heterocycles. The van der Waals surface area contributed by atoms with Gasteiger partial charge in [0.05, 0.1) is 0 Å². The van der Waals surface area contributed by atoms with Gasteiger partial charge < -0.3 is 20.3 Å². The summed E-state index contributed by atoms with van der Waals surface area (Å²) in [6.45, 7) is 21.8. The van der Waals surface area contributed by atoms with E-state index in [1.165, 1.54) is 0 Å². The van der Waals surface area contributed by atoms with Crippen LogP contribution < -0.4 is 10.6 Å². The minimum atomic E-state index is -0.825. The molecule has 0 bridgehead atoms. The van der Waals surface area contributed by atoms with Gasteiger partial charge in [-0.3, -0.25) is 9.59 Å². The molecule has 3 amide bonds. The lowest BCUT2D eigenvalue weighted by atomic mass is 9.93. The molecule has 0 heterocycles. The fourth-order valence-corrected chi connectivity index (χ4v) is 4.77. The first kappa shape index (κ1) is 34.5. The van der Waals surface area contributed by atoms with Crippen molar-refractivity contribution in [1.82, 2.24) is 15.5 Å². The van der Waals surface area contributed by atoms with E-state index in [4.69, 9.17) is 4.74 Å². The van der Waals surface area contributed by atoms with Crippen molar-refractivity contribution in [3.8, 4) is 0 Å². The summed E-state index contributed by atoms with van der Waals surface area (Å²) in [6, 6.07) is 5.84. The summed E-state index contributed by atoms with van der Waals surface area (Å²) in [7, 11) is 0. The van der Waals surface area contributed by atoms with E-state index in [2.05, 4.69) is 31.4 Å². The van der Waals surface area contributed by atoms with Crippen LogP contribution in [0.25, 0.3) is 0 Å². The highest BCUT2D eigenvalue weighted by atomic mass is 16.6. The standard InChI is InChI=1S/C32H55N3O4/c1-12-15-24(7)33-29(36)28(26-17-14-13-16-23(26)6)35(25(8)19-18-21(2)3)30(37)27(20-22(4)5)34-31(38)39-32(9,10)11/h13-14,16-17,21-22,24-25,27-28H,12,15,18-20H2,1-11H3,(H,33,36)(H,34,38). The number of carbonyl (C=O) groups is 3. The van der Waals surface area contributed by atoms with Gasteiger partial charge in [-0.1, -0.05) is 65.3 Å². The van der Waals surface area contributed by atoms with Crippen molar-refractivity contribution in [2.45, 2.75) is 138 Å². The molecular formula is C32H55N3O4. The van der Waals surface area contributed by atoms with Crippen LogP contribution >= 0.6 is 0 Å². The van der Waals surface area contributed by atoms with Gasteiger partial charge in [-0.15, -0.1) is 0 Å². The van der Waals surface area contributed by atoms with E-state index >= 15 is 0 Å². The third kappa shape index (κ3) is 12.0. The van der Waals surface area contributed by atoms with Gasteiger partial charge in [0, 0.05) is 12.1 Å². The van der Waals surface area contributed by atoms with Gasteiger partial charge >= 0.3 is 6.09 Å². The molecule has 0 spiro atoms. The topological polar surface area (TPSA) is 87.7 Å². The lowest BCUT2D eigenvalue weighted by Gasteiger charge is -2.40. The number of nitrogens with zero attached hydrogens (tertiary/aromatic N) is 1. The molecule has 0 radical (unpaired) electrons. The molecule has 1 rings (SSSR count). The summed E-state index contributed by atoms with van der Waals surface area (Å²) in [4.78, 5) is 43.0. The zero-order chi connectivity index (χ0) is 29.9. The van der Waals surface area contributed by atoms with Gasteiger partial charge in [-0.05, 0) is 90.2 Å². The van der Waals surface area contributed by atoms with Crippen molar-refractivity contribution in [2.75, 3.05) is 0 Å². The van der Waals surface area contributed by atoms with Crippen molar-refractivity contribution in [1.29, 1.82) is 0 Å². The summed E-state index contributed by atoms with van der Waals surface area (Å²) >= 11 is 0. The van der Waals surface area contributed by atoms with Gasteiger partial charge in [0.15, 0.2) is 0 Å². The Morgan fingerprint density at radius 2 is 1.51 bits per heavy atom. The monoisotopic (exact) mass is 545 g/mol. The highest BCUT2D eigenvalue weighted by Gasteiger charge is 2.39. The number of rotatable bonds is 14. The smallest absolute Gasteiger partial charge is 0.408 e. The lowest BCUT2D eigenvalue weighted by Crippen LogP contribution is -2.56. The second kappa shape index (κ2) is 15.9. The lowest BCUT2D eigenvalue weighted by molar-refractivity contribution is -0.145. The van der Waals surface area contributed by atoms with Crippen LogP contribution in [0.3, 0.4) is 0 Å². The Morgan fingerprint density at radius 3 is 2.03 bits per heavy atom. The maximum atomic E-state index is 14.5. The van der Waals surface area contributed by atoms with E-state index in [0.29, 0.717) is 12.3 Å². The van der Waals surface area contributed by atoms with Crippen LogP contribution in [0.1, 0.15) is 119 Å². The SMILES string of the molecule is CCCC(C)NC(=O)C(c1ccccc1C)N(C(=O)C(CC(C)C)NC(=O)OC(C)(C)C)C(C)CCC(C)C. The largest absolute Gasteiger partial charge is 0.444 e. The molecular weight excluding hydrogens is 490 g/mol. The number of amides is 3. The Labute approximate surface area is 237 Å². The zero-order valence-electron chi connectivity index (χ0n) is 26.4. The molecule has 0 aliphatic rings. The van der Waals surface area contributed by atoms with Crippen molar-refractivity contribution >= 4 is 17.9 Å². The highest BCUT2D eigenvalue weighted by Crippen LogP contribution is 2.30. The molecule has 222 valence electrons. The van der Waals surface area contributed by atoms with E-state index in [1.807, 2.05) is 58.9 Å². The molecule has 7 heteroatoms. The first-order valence-electron chi connectivity index (χ1n) is 14.7. The molecule has 4 atom stereocenters. The molecule has 0 fully saturated rings. The van der Waals surface area contributed by atoms with Crippen LogP contribution in [0.5, 0.6) is 0 Å². The van der Waals surface area contributed by atoms with Crippen molar-refractivity contribution < 1.29 is 19.1 Å². The van der Waals surface area contributed by atoms with Gasteiger partial charge in [-0.2, -0.15) is 0 Å². The maximum Gasteiger partial charge on any atom is 0.408 e. The fraction of sp³-hybridized carbons (Fsp3) is 0.719. The minimum Gasteiger partial charge on any atom is -0.444 e. The number of carbonyl (C=O) groups excluding carboxylic acids is 3. The third-order valence-corrected chi connectivity index (χ3v) is 6.71. The Morgan fingerprint density at radius 1 is 0.897 bits per heavy atom. The van der Waals surface area contributed by atoms with E-state index in [-0.39, 0.29) is 29.8 Å². The molecule has 0 saturated carbocycles. The van der Waals surface area contributed by atoms with Gasteiger partial charge in [0.2, 0.25) is 11.8 Å². The molecule has 7 nitrogen and oxygen atoms in total. The average molecular weight is 546 g/mol. The van der Waals surface area contributed by atoms with E-state index in [9.17, 15) is 14.4 Å². The van der Waals surface area contributed by atoms with E-state index in [1.54, 1.807) is 25.7 Å². The number of benzene rings is 1. The molecule has 0 aliphatic carbocycles. The normalized spacial score (nSPS) is 14.9. The summed E-state index contributed by atoms with van der Waals surface area (Å²) in [6.07, 6.45) is 3.24. The van der Waals surface area contributed by atoms with Crippen LogP contribution in [0.15, 0.2) is 24.3 Å². The van der Waals surface area contributed by atoms with Crippen molar-refractivity contribution in [3.63, 3.8) is 0 Å². The Hall–Kier alpha value is -2.57. The van der Waals surface area contributed by atoms with Crippen LogP contribution in [0.2, 0.25) is 0 Å².